The summed E-state index contributed by atoms with van der Waals surface area (Å²) in [5, 5.41) is 3.54. The Balaban J connectivity index is 1.84. The molecule has 0 aromatic rings. The van der Waals surface area contributed by atoms with Crippen LogP contribution in [0.25, 0.3) is 0 Å². The maximum absolute atomic E-state index is 3.54. The molecular weight excluding hydrogens is 222 g/mol. The molecule has 2 aliphatic rings. The second kappa shape index (κ2) is 6.88. The normalized spacial score (nSPS) is 35.8. The molecule has 106 valence electrons. The fourth-order valence-electron chi connectivity index (χ4n) is 3.75. The highest BCUT2D eigenvalue weighted by atomic mass is 15.3. The zero-order chi connectivity index (χ0) is 13.0. The van der Waals surface area contributed by atoms with E-state index in [0.717, 1.165) is 18.0 Å². The minimum Gasteiger partial charge on any atom is -0.317 e. The molecule has 1 aliphatic heterocycles. The maximum Gasteiger partial charge on any atom is 0.0218 e. The van der Waals surface area contributed by atoms with E-state index < -0.39 is 0 Å². The van der Waals surface area contributed by atoms with E-state index >= 15 is 0 Å². The van der Waals surface area contributed by atoms with Crippen LogP contribution in [0.4, 0.5) is 0 Å². The van der Waals surface area contributed by atoms with Gasteiger partial charge in [0, 0.05) is 38.3 Å². The first-order valence-corrected chi connectivity index (χ1v) is 7.84. The van der Waals surface area contributed by atoms with Crippen molar-refractivity contribution in [3.05, 3.63) is 0 Å². The van der Waals surface area contributed by atoms with Crippen LogP contribution in [-0.2, 0) is 0 Å². The van der Waals surface area contributed by atoms with Gasteiger partial charge < -0.3 is 15.1 Å². The van der Waals surface area contributed by atoms with Gasteiger partial charge in [-0.05, 0) is 39.3 Å². The first-order chi connectivity index (χ1) is 8.74. The fraction of sp³-hybridized carbons (Fsp3) is 1.00. The molecule has 0 aromatic carbocycles. The van der Waals surface area contributed by atoms with E-state index in [1.165, 1.54) is 58.3 Å². The highest BCUT2D eigenvalue weighted by Gasteiger charge is 2.29. The number of rotatable bonds is 4. The summed E-state index contributed by atoms with van der Waals surface area (Å²) in [6, 6.07) is 1.54. The summed E-state index contributed by atoms with van der Waals surface area (Å²) in [6.07, 6.45) is 6.95. The second-order valence-electron chi connectivity index (χ2n) is 6.24. The highest BCUT2D eigenvalue weighted by molar-refractivity contribution is 4.85. The van der Waals surface area contributed by atoms with Gasteiger partial charge in [0.15, 0.2) is 0 Å². The smallest absolute Gasteiger partial charge is 0.0218 e. The molecule has 1 N–H and O–H groups in total. The third-order valence-electron chi connectivity index (χ3n) is 5.11. The number of piperazine rings is 1. The minimum atomic E-state index is 0.762. The van der Waals surface area contributed by atoms with Gasteiger partial charge in [0.05, 0.1) is 0 Å². The molecule has 0 aromatic heterocycles. The van der Waals surface area contributed by atoms with Crippen molar-refractivity contribution in [1.29, 1.82) is 0 Å². The van der Waals surface area contributed by atoms with Crippen molar-refractivity contribution >= 4 is 0 Å². The molecule has 0 spiro atoms. The Morgan fingerprint density at radius 1 is 1.17 bits per heavy atom. The Bertz CT molecular complexity index is 244. The molecule has 3 nitrogen and oxygen atoms in total. The van der Waals surface area contributed by atoms with Crippen molar-refractivity contribution in [2.75, 3.05) is 40.3 Å². The summed E-state index contributed by atoms with van der Waals surface area (Å²) in [5.41, 5.74) is 0. The Hall–Kier alpha value is -0.120. The number of nitrogens with one attached hydrogen (secondary N) is 1. The number of hydrogen-bond donors (Lipinski definition) is 1. The standard InChI is InChI=1S/C15H31N3/c1-4-14-12-18(10-9-17(14)3)11-13-7-5-6-8-15(13)16-2/h13-16H,4-12H2,1-3H3. The Labute approximate surface area is 113 Å². The van der Waals surface area contributed by atoms with Crippen molar-refractivity contribution < 1.29 is 0 Å². The molecule has 2 rings (SSSR count). The molecule has 3 heteroatoms. The summed E-state index contributed by atoms with van der Waals surface area (Å²) >= 11 is 0. The van der Waals surface area contributed by atoms with Gasteiger partial charge in [-0.15, -0.1) is 0 Å². The van der Waals surface area contributed by atoms with E-state index in [4.69, 9.17) is 0 Å². The molecule has 18 heavy (non-hydrogen) atoms. The first kappa shape index (κ1) is 14.3. The summed E-state index contributed by atoms with van der Waals surface area (Å²) in [7, 11) is 4.42. The van der Waals surface area contributed by atoms with E-state index in [-0.39, 0.29) is 0 Å². The van der Waals surface area contributed by atoms with E-state index in [2.05, 4.69) is 36.1 Å². The molecular formula is C15H31N3. The van der Waals surface area contributed by atoms with Gasteiger partial charge in [-0.2, -0.15) is 0 Å². The second-order valence-corrected chi connectivity index (χ2v) is 6.24. The van der Waals surface area contributed by atoms with Crippen LogP contribution in [-0.4, -0.2) is 62.2 Å². The van der Waals surface area contributed by atoms with Crippen LogP contribution >= 0.6 is 0 Å². The number of likely N-dealkylation sites (N-methyl/N-ethyl adjacent to an activating group) is 1. The van der Waals surface area contributed by atoms with E-state index in [9.17, 15) is 0 Å². The third kappa shape index (κ3) is 3.46. The van der Waals surface area contributed by atoms with Crippen LogP contribution in [0.5, 0.6) is 0 Å². The number of hydrogen-bond acceptors (Lipinski definition) is 3. The lowest BCUT2D eigenvalue weighted by Crippen LogP contribution is -2.53. The third-order valence-corrected chi connectivity index (χ3v) is 5.11. The minimum absolute atomic E-state index is 0.762. The monoisotopic (exact) mass is 253 g/mol. The molecule has 0 radical (unpaired) electrons. The van der Waals surface area contributed by atoms with Gasteiger partial charge in [-0.3, -0.25) is 0 Å². The van der Waals surface area contributed by atoms with E-state index in [0.29, 0.717) is 0 Å². The SMILES string of the molecule is CCC1CN(CC2CCCCC2NC)CCN1C. The van der Waals surface area contributed by atoms with Crippen molar-refractivity contribution in [3.8, 4) is 0 Å². The lowest BCUT2D eigenvalue weighted by molar-refractivity contribution is 0.0699. The van der Waals surface area contributed by atoms with Gasteiger partial charge in [0.25, 0.3) is 0 Å². The molecule has 1 saturated carbocycles. The largest absolute Gasteiger partial charge is 0.317 e. The molecule has 3 atom stereocenters. The molecule has 1 saturated heterocycles. The van der Waals surface area contributed by atoms with Gasteiger partial charge >= 0.3 is 0 Å². The number of nitrogens with zero attached hydrogens (tertiary/aromatic N) is 2. The summed E-state index contributed by atoms with van der Waals surface area (Å²) in [4.78, 5) is 5.25. The Morgan fingerprint density at radius 3 is 2.67 bits per heavy atom. The molecule has 0 amide bonds. The lowest BCUT2D eigenvalue weighted by atomic mass is 9.84. The molecule has 3 unspecified atom stereocenters. The van der Waals surface area contributed by atoms with Crippen molar-refractivity contribution in [2.45, 2.75) is 51.1 Å². The van der Waals surface area contributed by atoms with Crippen LogP contribution in [0.1, 0.15) is 39.0 Å². The van der Waals surface area contributed by atoms with Crippen molar-refractivity contribution in [3.63, 3.8) is 0 Å². The van der Waals surface area contributed by atoms with Crippen molar-refractivity contribution in [2.24, 2.45) is 5.92 Å². The summed E-state index contributed by atoms with van der Waals surface area (Å²) in [6.45, 7) is 7.42. The predicted molar refractivity (Wildman–Crippen MR) is 78.0 cm³/mol. The first-order valence-electron chi connectivity index (χ1n) is 7.84. The molecule has 2 fully saturated rings. The zero-order valence-corrected chi connectivity index (χ0v) is 12.5. The summed E-state index contributed by atoms with van der Waals surface area (Å²) in [5.74, 6) is 0.879. The van der Waals surface area contributed by atoms with Crippen LogP contribution in [0, 0.1) is 5.92 Å². The molecule has 1 heterocycles. The Kier molecular flexibility index (Phi) is 5.46. The maximum atomic E-state index is 3.54. The van der Waals surface area contributed by atoms with Gasteiger partial charge in [-0.25, -0.2) is 0 Å². The van der Waals surface area contributed by atoms with E-state index in [1.54, 1.807) is 0 Å². The van der Waals surface area contributed by atoms with Crippen LogP contribution in [0.15, 0.2) is 0 Å². The lowest BCUT2D eigenvalue weighted by Gasteiger charge is -2.42. The Morgan fingerprint density at radius 2 is 1.94 bits per heavy atom. The average molecular weight is 253 g/mol. The van der Waals surface area contributed by atoms with Gasteiger partial charge in [-0.1, -0.05) is 19.8 Å². The summed E-state index contributed by atoms with van der Waals surface area (Å²) < 4.78 is 0. The topological polar surface area (TPSA) is 18.5 Å². The quantitative estimate of drug-likeness (QED) is 0.824. The van der Waals surface area contributed by atoms with Crippen LogP contribution in [0.3, 0.4) is 0 Å². The van der Waals surface area contributed by atoms with Crippen LogP contribution in [0.2, 0.25) is 0 Å². The highest BCUT2D eigenvalue weighted by Crippen LogP contribution is 2.26. The predicted octanol–water partition coefficient (Wildman–Crippen LogP) is 1.79. The van der Waals surface area contributed by atoms with Crippen molar-refractivity contribution in [1.82, 2.24) is 15.1 Å². The average Bonchev–Trinajstić information content (AvgIpc) is 2.41. The fourth-order valence-corrected chi connectivity index (χ4v) is 3.75. The van der Waals surface area contributed by atoms with Gasteiger partial charge in [0.1, 0.15) is 0 Å². The van der Waals surface area contributed by atoms with Crippen LogP contribution < -0.4 is 5.32 Å². The molecule has 1 aliphatic carbocycles. The van der Waals surface area contributed by atoms with Gasteiger partial charge in [0.2, 0.25) is 0 Å². The molecule has 0 bridgehead atoms. The van der Waals surface area contributed by atoms with E-state index in [1.807, 2.05) is 0 Å². The zero-order valence-electron chi connectivity index (χ0n) is 12.5.